The van der Waals surface area contributed by atoms with E-state index in [1.54, 1.807) is 24.3 Å². The SMILES string of the molecule is N#Cc1c(N)nc(N)nc1-c1ccccc1-c1ccc(C(=O)O)c(F)c1. The Bertz CT molecular complexity index is 1080. The lowest BCUT2D eigenvalue weighted by atomic mass is 9.95. The second kappa shape index (κ2) is 6.49. The number of nitrogens with zero attached hydrogens (tertiary/aromatic N) is 3. The third-order valence-corrected chi connectivity index (χ3v) is 3.76. The van der Waals surface area contributed by atoms with Gasteiger partial charge in [0.1, 0.15) is 23.3 Å². The number of nitriles is 1. The van der Waals surface area contributed by atoms with E-state index in [4.69, 9.17) is 16.6 Å². The summed E-state index contributed by atoms with van der Waals surface area (Å²) in [6.45, 7) is 0. The maximum Gasteiger partial charge on any atom is 0.338 e. The molecule has 0 amide bonds. The molecule has 3 aromatic rings. The number of carboxylic acids is 1. The molecular weight excluding hydrogens is 337 g/mol. The number of aromatic nitrogens is 2. The Balaban J connectivity index is 2.25. The van der Waals surface area contributed by atoms with Crippen molar-refractivity contribution in [1.29, 1.82) is 5.26 Å². The minimum absolute atomic E-state index is 0.0503. The number of benzene rings is 2. The van der Waals surface area contributed by atoms with Crippen molar-refractivity contribution in [2.45, 2.75) is 0 Å². The number of hydrogen-bond donors (Lipinski definition) is 3. The zero-order valence-corrected chi connectivity index (χ0v) is 13.3. The summed E-state index contributed by atoms with van der Waals surface area (Å²) >= 11 is 0. The van der Waals surface area contributed by atoms with Crippen LogP contribution >= 0.6 is 0 Å². The Hall–Kier alpha value is -3.99. The first-order valence-corrected chi connectivity index (χ1v) is 7.38. The van der Waals surface area contributed by atoms with Gasteiger partial charge in [-0.2, -0.15) is 10.2 Å². The molecule has 0 bridgehead atoms. The molecule has 0 atom stereocenters. The molecule has 7 nitrogen and oxygen atoms in total. The van der Waals surface area contributed by atoms with E-state index >= 15 is 0 Å². The number of anilines is 2. The van der Waals surface area contributed by atoms with Gasteiger partial charge >= 0.3 is 5.97 Å². The highest BCUT2D eigenvalue weighted by Crippen LogP contribution is 2.34. The molecule has 0 unspecified atom stereocenters. The van der Waals surface area contributed by atoms with Crippen LogP contribution in [-0.2, 0) is 0 Å². The zero-order chi connectivity index (χ0) is 18.8. The summed E-state index contributed by atoms with van der Waals surface area (Å²) in [5.74, 6) is -2.38. The molecule has 1 aromatic heterocycles. The van der Waals surface area contributed by atoms with Crippen LogP contribution in [0.1, 0.15) is 15.9 Å². The minimum Gasteiger partial charge on any atom is -0.478 e. The van der Waals surface area contributed by atoms with Crippen LogP contribution in [0.25, 0.3) is 22.4 Å². The molecule has 0 aliphatic carbocycles. The van der Waals surface area contributed by atoms with Gasteiger partial charge in [-0.1, -0.05) is 30.3 Å². The summed E-state index contributed by atoms with van der Waals surface area (Å²) in [4.78, 5) is 18.9. The molecule has 1 heterocycles. The van der Waals surface area contributed by atoms with Crippen LogP contribution < -0.4 is 11.5 Å². The lowest BCUT2D eigenvalue weighted by Gasteiger charge is -2.12. The van der Waals surface area contributed by atoms with Crippen LogP contribution in [0.5, 0.6) is 0 Å². The number of hydrogen-bond acceptors (Lipinski definition) is 6. The average Bonchev–Trinajstić information content (AvgIpc) is 2.60. The summed E-state index contributed by atoms with van der Waals surface area (Å²) in [7, 11) is 0. The Morgan fingerprint density at radius 3 is 2.42 bits per heavy atom. The summed E-state index contributed by atoms with van der Waals surface area (Å²) in [6, 6.07) is 12.5. The predicted octanol–water partition coefficient (Wildman–Crippen LogP) is 2.68. The van der Waals surface area contributed by atoms with Crippen molar-refractivity contribution in [3.63, 3.8) is 0 Å². The quantitative estimate of drug-likeness (QED) is 0.660. The van der Waals surface area contributed by atoms with Crippen molar-refractivity contribution < 1.29 is 14.3 Å². The predicted molar refractivity (Wildman–Crippen MR) is 93.4 cm³/mol. The molecule has 8 heteroatoms. The van der Waals surface area contributed by atoms with Gasteiger partial charge in [-0.3, -0.25) is 0 Å². The standard InChI is InChI=1S/C18H12FN5O2/c19-14-7-9(5-6-12(14)17(25)26)10-3-1-2-4-11(10)15-13(8-20)16(21)24-18(22)23-15/h1-7H,(H,25,26)(H4,21,22,23,24). The number of rotatable bonds is 3. The lowest BCUT2D eigenvalue weighted by molar-refractivity contribution is 0.0692. The molecule has 26 heavy (non-hydrogen) atoms. The fraction of sp³-hybridized carbons (Fsp3) is 0. The van der Waals surface area contributed by atoms with Crippen molar-refractivity contribution in [2.75, 3.05) is 11.5 Å². The number of carbonyl (C=O) groups is 1. The highest BCUT2D eigenvalue weighted by atomic mass is 19.1. The first-order chi connectivity index (χ1) is 12.4. The highest BCUT2D eigenvalue weighted by Gasteiger charge is 2.18. The van der Waals surface area contributed by atoms with E-state index in [1.807, 2.05) is 6.07 Å². The molecule has 0 spiro atoms. The van der Waals surface area contributed by atoms with Gasteiger partial charge in [-0.15, -0.1) is 0 Å². The summed E-state index contributed by atoms with van der Waals surface area (Å²) in [6.07, 6.45) is 0. The molecule has 0 saturated carbocycles. The number of nitrogens with two attached hydrogens (primary N) is 2. The lowest BCUT2D eigenvalue weighted by Crippen LogP contribution is -2.05. The van der Waals surface area contributed by atoms with Crippen LogP contribution in [0.15, 0.2) is 42.5 Å². The molecule has 0 saturated heterocycles. The molecule has 0 aliphatic heterocycles. The van der Waals surface area contributed by atoms with Gasteiger partial charge in [0.2, 0.25) is 5.95 Å². The van der Waals surface area contributed by atoms with Gasteiger partial charge in [0, 0.05) is 5.56 Å². The van der Waals surface area contributed by atoms with E-state index in [0.717, 1.165) is 6.07 Å². The number of halogens is 1. The van der Waals surface area contributed by atoms with Crippen molar-refractivity contribution in [3.05, 3.63) is 59.4 Å². The molecule has 5 N–H and O–H groups in total. The zero-order valence-electron chi connectivity index (χ0n) is 13.3. The fourth-order valence-corrected chi connectivity index (χ4v) is 2.60. The topological polar surface area (TPSA) is 139 Å². The maximum absolute atomic E-state index is 14.1. The van der Waals surface area contributed by atoms with Gasteiger partial charge in [0.25, 0.3) is 0 Å². The summed E-state index contributed by atoms with van der Waals surface area (Å²) < 4.78 is 14.1. The summed E-state index contributed by atoms with van der Waals surface area (Å²) in [5.41, 5.74) is 12.7. The Morgan fingerprint density at radius 2 is 1.81 bits per heavy atom. The van der Waals surface area contributed by atoms with Gasteiger partial charge in [0.15, 0.2) is 0 Å². The maximum atomic E-state index is 14.1. The molecule has 0 aliphatic rings. The first kappa shape index (κ1) is 16.9. The average molecular weight is 349 g/mol. The van der Waals surface area contributed by atoms with Gasteiger partial charge < -0.3 is 16.6 Å². The second-order valence-corrected chi connectivity index (χ2v) is 5.35. The number of aromatic carboxylic acids is 1. The third-order valence-electron chi connectivity index (χ3n) is 3.76. The van der Waals surface area contributed by atoms with Crippen molar-refractivity contribution >= 4 is 17.7 Å². The fourth-order valence-electron chi connectivity index (χ4n) is 2.60. The van der Waals surface area contributed by atoms with Crippen molar-refractivity contribution in [3.8, 4) is 28.5 Å². The highest BCUT2D eigenvalue weighted by molar-refractivity contribution is 5.90. The van der Waals surface area contributed by atoms with Crippen LogP contribution in [0, 0.1) is 17.1 Å². The molecule has 0 radical (unpaired) electrons. The largest absolute Gasteiger partial charge is 0.478 e. The van der Waals surface area contributed by atoms with Crippen LogP contribution in [0.4, 0.5) is 16.2 Å². The summed E-state index contributed by atoms with van der Waals surface area (Å²) in [5, 5.41) is 18.3. The molecule has 2 aromatic carbocycles. The van der Waals surface area contributed by atoms with E-state index < -0.39 is 17.3 Å². The second-order valence-electron chi connectivity index (χ2n) is 5.35. The van der Waals surface area contributed by atoms with E-state index in [2.05, 4.69) is 9.97 Å². The molecular formula is C18H12FN5O2. The van der Waals surface area contributed by atoms with Crippen LogP contribution in [0.3, 0.4) is 0 Å². The minimum atomic E-state index is -1.36. The van der Waals surface area contributed by atoms with E-state index in [1.165, 1.54) is 12.1 Å². The monoisotopic (exact) mass is 349 g/mol. The number of carboxylic acid groups (broad SMARTS) is 1. The molecule has 3 rings (SSSR count). The normalized spacial score (nSPS) is 10.3. The first-order valence-electron chi connectivity index (χ1n) is 7.38. The van der Waals surface area contributed by atoms with E-state index in [-0.39, 0.29) is 23.0 Å². The van der Waals surface area contributed by atoms with Crippen molar-refractivity contribution in [2.24, 2.45) is 0 Å². The number of nitrogen functional groups attached to an aromatic ring is 2. The van der Waals surface area contributed by atoms with E-state index in [0.29, 0.717) is 16.7 Å². The molecule has 0 fully saturated rings. The van der Waals surface area contributed by atoms with Gasteiger partial charge in [-0.05, 0) is 23.3 Å². The Morgan fingerprint density at radius 1 is 1.12 bits per heavy atom. The van der Waals surface area contributed by atoms with Gasteiger partial charge in [0.05, 0.1) is 11.3 Å². The third kappa shape index (κ3) is 2.89. The smallest absolute Gasteiger partial charge is 0.338 e. The Kier molecular flexibility index (Phi) is 4.21. The van der Waals surface area contributed by atoms with Crippen LogP contribution in [0.2, 0.25) is 0 Å². The van der Waals surface area contributed by atoms with Gasteiger partial charge in [-0.25, -0.2) is 14.2 Å². The Labute approximate surface area is 147 Å². The van der Waals surface area contributed by atoms with Crippen molar-refractivity contribution in [1.82, 2.24) is 9.97 Å². The van der Waals surface area contributed by atoms with E-state index in [9.17, 15) is 14.4 Å². The van der Waals surface area contributed by atoms with Crippen LogP contribution in [-0.4, -0.2) is 21.0 Å². The molecule has 128 valence electrons.